The van der Waals surface area contributed by atoms with Crippen molar-refractivity contribution < 1.29 is 29.3 Å². The van der Waals surface area contributed by atoms with E-state index in [1.165, 1.54) is 22.7 Å². The number of carboxylic acids is 1. The van der Waals surface area contributed by atoms with Gasteiger partial charge in [-0.2, -0.15) is 0 Å². The van der Waals surface area contributed by atoms with Gasteiger partial charge in [-0.25, -0.2) is 9.59 Å². The van der Waals surface area contributed by atoms with Crippen LogP contribution in [0.3, 0.4) is 0 Å². The number of aliphatic hydroxyl groups excluding tert-OH is 1. The van der Waals surface area contributed by atoms with Gasteiger partial charge >= 0.3 is 11.7 Å². The lowest BCUT2D eigenvalue weighted by Crippen LogP contribution is -2.44. The summed E-state index contributed by atoms with van der Waals surface area (Å²) in [5.74, 6) is -1.25. The number of thiophene rings is 2. The van der Waals surface area contributed by atoms with Crippen LogP contribution in [0.15, 0.2) is 92.9 Å². The number of aryl methyl sites for hydroxylation is 1. The molecule has 1 saturated carbocycles. The number of hydrogen-bond acceptors (Lipinski definition) is 11. The average Bonchev–Trinajstić information content (AvgIpc) is 3.97. The fourth-order valence-electron chi connectivity index (χ4n) is 7.88. The Hall–Kier alpha value is -4.50. The van der Waals surface area contributed by atoms with Crippen molar-refractivity contribution in [3.63, 3.8) is 0 Å². The number of anilines is 1. The number of allylic oxidation sites excluding steroid dienone is 1. The molecule has 4 heterocycles. The summed E-state index contributed by atoms with van der Waals surface area (Å²) in [4.78, 5) is 29.5. The Morgan fingerprint density at radius 3 is 2.51 bits per heavy atom. The summed E-state index contributed by atoms with van der Waals surface area (Å²) in [5, 5.41) is 42.1. The van der Waals surface area contributed by atoms with E-state index < -0.39 is 17.7 Å². The number of carbonyl (C=O) groups is 1. The maximum atomic E-state index is 12.9. The SMILES string of the molecule is C=C1C=Cc2c([C@@H](O)CNC(C)Cc3ccc4c(c3)oc(=O)n4CCCN(C)[C@H]3CC[C@H](OC(C(=O)O)(c4cccs4)c4cccs4)CC3)ccc(O)c2N1. The van der Waals surface area contributed by atoms with Gasteiger partial charge in [0.15, 0.2) is 5.58 Å². The summed E-state index contributed by atoms with van der Waals surface area (Å²) in [6, 6.07) is 17.0. The molecule has 1 aliphatic heterocycles. The highest BCUT2D eigenvalue weighted by Gasteiger charge is 2.48. The molecule has 2 aromatic carbocycles. The zero-order valence-electron chi connectivity index (χ0n) is 31.1. The Balaban J connectivity index is 0.893. The van der Waals surface area contributed by atoms with Crippen LogP contribution in [-0.4, -0.2) is 69.1 Å². The third kappa shape index (κ3) is 8.23. The van der Waals surface area contributed by atoms with Crippen molar-refractivity contribution in [2.24, 2.45) is 0 Å². The van der Waals surface area contributed by atoms with Crippen LogP contribution in [-0.2, 0) is 28.1 Å². The standard InChI is InChI=1S/C42H48N4O7S2/c1-26-9-15-32-31(16-18-34(47)39(32)44-26)35(48)25-43-27(2)23-28-10-17-33-36(24-28)52-41(51)46(33)20-6-19-45(3)29-11-13-30(14-12-29)53-42(40(49)50,37-7-4-21-54-37)38-8-5-22-55-38/h4-5,7-10,15-18,21-22,24,27,29-30,35,43-44,47-48H,1,6,11-14,19-20,23,25H2,2-3H3,(H,49,50)/t27?,29-,30-,35-/m0/s1. The molecule has 2 aliphatic rings. The van der Waals surface area contributed by atoms with Crippen LogP contribution in [0.2, 0.25) is 0 Å². The molecule has 1 fully saturated rings. The Labute approximate surface area is 328 Å². The number of nitrogens with one attached hydrogen (secondary N) is 2. The second-order valence-corrected chi connectivity index (χ2v) is 16.5. The van der Waals surface area contributed by atoms with E-state index in [2.05, 4.69) is 29.2 Å². The van der Waals surface area contributed by atoms with Crippen molar-refractivity contribution in [3.05, 3.63) is 121 Å². The Morgan fingerprint density at radius 2 is 1.84 bits per heavy atom. The van der Waals surface area contributed by atoms with Gasteiger partial charge in [-0.1, -0.05) is 36.9 Å². The highest BCUT2D eigenvalue weighted by atomic mass is 32.1. The number of aromatic nitrogens is 1. The molecule has 0 amide bonds. The van der Waals surface area contributed by atoms with Gasteiger partial charge in [0.1, 0.15) is 5.75 Å². The van der Waals surface area contributed by atoms with Crippen molar-refractivity contribution in [2.45, 2.75) is 81.9 Å². The number of benzene rings is 2. The number of hydrogen-bond donors (Lipinski definition) is 5. The lowest BCUT2D eigenvalue weighted by Gasteiger charge is -2.38. The fourth-order valence-corrected chi connectivity index (χ4v) is 9.69. The van der Waals surface area contributed by atoms with Gasteiger partial charge in [-0.05, 0) is 117 Å². The zero-order chi connectivity index (χ0) is 38.7. The van der Waals surface area contributed by atoms with Crippen LogP contribution in [0.25, 0.3) is 17.2 Å². The number of aromatic hydroxyl groups is 1. The maximum absolute atomic E-state index is 12.9. The van der Waals surface area contributed by atoms with Crippen LogP contribution in [0, 0.1) is 0 Å². The summed E-state index contributed by atoms with van der Waals surface area (Å²) in [5.41, 5.74) is 3.51. The molecular formula is C42H48N4O7S2. The second-order valence-electron chi connectivity index (χ2n) is 14.6. The molecule has 13 heteroatoms. The number of fused-ring (bicyclic) bond motifs is 2. The van der Waals surface area contributed by atoms with Crippen molar-refractivity contribution in [1.82, 2.24) is 14.8 Å². The van der Waals surface area contributed by atoms with Gasteiger partial charge in [-0.3, -0.25) is 4.57 Å². The van der Waals surface area contributed by atoms with E-state index in [0.717, 1.165) is 55.3 Å². The van der Waals surface area contributed by atoms with Gasteiger partial charge in [0.2, 0.25) is 5.60 Å². The molecule has 55 heavy (non-hydrogen) atoms. The predicted molar refractivity (Wildman–Crippen MR) is 218 cm³/mol. The van der Waals surface area contributed by atoms with Gasteiger partial charge < -0.3 is 40.0 Å². The minimum atomic E-state index is -1.49. The molecule has 290 valence electrons. The van der Waals surface area contributed by atoms with E-state index in [9.17, 15) is 24.9 Å². The van der Waals surface area contributed by atoms with E-state index in [1.807, 2.05) is 72.3 Å². The first-order valence-electron chi connectivity index (χ1n) is 18.8. The quantitative estimate of drug-likeness (QED) is 0.0645. The lowest BCUT2D eigenvalue weighted by molar-refractivity contribution is -0.170. The number of ether oxygens (including phenoxy) is 1. The molecule has 0 bridgehead atoms. The first kappa shape index (κ1) is 38.8. The Morgan fingerprint density at radius 1 is 1.11 bits per heavy atom. The number of carboxylic acid groups (broad SMARTS) is 1. The van der Waals surface area contributed by atoms with E-state index in [4.69, 9.17) is 9.15 Å². The summed E-state index contributed by atoms with van der Waals surface area (Å²) < 4.78 is 13.9. The number of rotatable bonds is 16. The molecule has 2 atom stereocenters. The average molecular weight is 785 g/mol. The smallest absolute Gasteiger partial charge is 0.419 e. The highest BCUT2D eigenvalue weighted by Crippen LogP contribution is 2.43. The van der Waals surface area contributed by atoms with Crippen molar-refractivity contribution in [3.8, 4) is 5.75 Å². The first-order valence-corrected chi connectivity index (χ1v) is 20.5. The summed E-state index contributed by atoms with van der Waals surface area (Å²) in [7, 11) is 2.12. The molecule has 7 rings (SSSR count). The molecule has 5 aromatic rings. The van der Waals surface area contributed by atoms with Crippen LogP contribution in [0.4, 0.5) is 5.69 Å². The number of phenolic OH excluding ortho intramolecular Hbond substituents is 1. The number of aliphatic hydroxyl groups is 1. The monoisotopic (exact) mass is 784 g/mol. The fraction of sp³-hybridized carbons (Fsp3) is 0.381. The first-order chi connectivity index (χ1) is 26.5. The molecule has 0 radical (unpaired) electrons. The molecule has 3 aromatic heterocycles. The van der Waals surface area contributed by atoms with Gasteiger partial charge in [-0.15, -0.1) is 22.7 Å². The zero-order valence-corrected chi connectivity index (χ0v) is 32.7. The largest absolute Gasteiger partial charge is 0.506 e. The second kappa shape index (κ2) is 16.7. The van der Waals surface area contributed by atoms with Gasteiger partial charge in [0, 0.05) is 36.4 Å². The van der Waals surface area contributed by atoms with Crippen molar-refractivity contribution in [2.75, 3.05) is 25.5 Å². The van der Waals surface area contributed by atoms with Crippen molar-refractivity contribution >= 4 is 51.5 Å². The number of oxazole rings is 1. The van der Waals surface area contributed by atoms with Gasteiger partial charge in [0.25, 0.3) is 0 Å². The summed E-state index contributed by atoms with van der Waals surface area (Å²) in [6.45, 7) is 7.59. The van der Waals surface area contributed by atoms with E-state index in [0.29, 0.717) is 57.8 Å². The van der Waals surface area contributed by atoms with Crippen LogP contribution in [0.5, 0.6) is 5.75 Å². The maximum Gasteiger partial charge on any atom is 0.419 e. The normalized spacial score (nSPS) is 18.4. The van der Waals surface area contributed by atoms with Crippen molar-refractivity contribution in [1.29, 1.82) is 0 Å². The van der Waals surface area contributed by atoms with Crippen LogP contribution < -0.4 is 16.4 Å². The molecular weight excluding hydrogens is 737 g/mol. The minimum absolute atomic E-state index is 0.0289. The Kier molecular flexibility index (Phi) is 11.8. The molecule has 5 N–H and O–H groups in total. The third-order valence-corrected chi connectivity index (χ3v) is 12.8. The van der Waals surface area contributed by atoms with E-state index in [1.54, 1.807) is 16.7 Å². The van der Waals surface area contributed by atoms with Crippen LogP contribution in [0.1, 0.15) is 71.6 Å². The van der Waals surface area contributed by atoms with Crippen LogP contribution >= 0.6 is 22.7 Å². The Bertz CT molecular complexity index is 2170. The topological polar surface area (TPSA) is 149 Å². The summed E-state index contributed by atoms with van der Waals surface area (Å²) >= 11 is 2.82. The third-order valence-electron chi connectivity index (χ3n) is 10.8. The summed E-state index contributed by atoms with van der Waals surface area (Å²) in [6.07, 6.45) is 7.51. The molecule has 11 nitrogen and oxygen atoms in total. The molecule has 0 spiro atoms. The molecule has 1 aliphatic carbocycles. The molecule has 1 unspecified atom stereocenters. The number of nitrogens with zero attached hydrogens (tertiary/aromatic N) is 2. The van der Waals surface area contributed by atoms with Gasteiger partial charge in [0.05, 0.1) is 33.2 Å². The van der Waals surface area contributed by atoms with E-state index >= 15 is 0 Å². The number of phenols is 1. The highest BCUT2D eigenvalue weighted by molar-refractivity contribution is 7.12. The number of aliphatic carboxylic acids is 1. The molecule has 0 saturated heterocycles. The minimum Gasteiger partial charge on any atom is -0.506 e. The predicted octanol–water partition coefficient (Wildman–Crippen LogP) is 7.31. The van der Waals surface area contributed by atoms with E-state index in [-0.39, 0.29) is 23.7 Å². The lowest BCUT2D eigenvalue weighted by atomic mass is 9.90.